The van der Waals surface area contributed by atoms with E-state index in [0.717, 1.165) is 21.8 Å². The summed E-state index contributed by atoms with van der Waals surface area (Å²) in [6.45, 7) is 0.245. The van der Waals surface area contributed by atoms with Gasteiger partial charge in [-0.2, -0.15) is 0 Å². The van der Waals surface area contributed by atoms with Crippen molar-refractivity contribution in [3.8, 4) is 0 Å². The Balaban J connectivity index is 1.50. The molecule has 1 aromatic heterocycles. The molecule has 2 unspecified atom stereocenters. The first kappa shape index (κ1) is 17.7. The minimum atomic E-state index is -0.467. The van der Waals surface area contributed by atoms with Gasteiger partial charge in [0.05, 0.1) is 6.04 Å². The monoisotopic (exact) mass is 387 g/mol. The molecule has 0 saturated carbocycles. The Bertz CT molecular complexity index is 847. The lowest BCUT2D eigenvalue weighted by Gasteiger charge is -2.20. The molecule has 2 saturated heterocycles. The smallest absolute Gasteiger partial charge is 0.327 e. The van der Waals surface area contributed by atoms with Crippen LogP contribution >= 0.6 is 11.3 Å². The lowest BCUT2D eigenvalue weighted by atomic mass is 10.1. The number of urea groups is 1. The first-order chi connectivity index (χ1) is 13.0. The quantitative estimate of drug-likeness (QED) is 0.802. The number of nitrogens with one attached hydrogen (secondary N) is 1. The lowest BCUT2D eigenvalue weighted by molar-refractivity contribution is -0.132. The fourth-order valence-corrected chi connectivity index (χ4v) is 4.41. The second kappa shape index (κ2) is 7.11. The SMILES string of the molecule is O=C(CN1C(=O)C2CCCN2C1=O)NC(c1ccc(F)cc1)c1cccs1. The van der Waals surface area contributed by atoms with E-state index in [9.17, 15) is 18.8 Å². The van der Waals surface area contributed by atoms with Crippen LogP contribution in [0.3, 0.4) is 0 Å². The van der Waals surface area contributed by atoms with Gasteiger partial charge in [0.25, 0.3) is 5.91 Å². The Morgan fingerprint density at radius 1 is 1.26 bits per heavy atom. The van der Waals surface area contributed by atoms with E-state index in [4.69, 9.17) is 0 Å². The number of halogens is 1. The summed E-state index contributed by atoms with van der Waals surface area (Å²) in [4.78, 5) is 40.8. The number of thiophene rings is 1. The summed E-state index contributed by atoms with van der Waals surface area (Å²) in [6.07, 6.45) is 1.46. The number of benzene rings is 1. The summed E-state index contributed by atoms with van der Waals surface area (Å²) in [5, 5.41) is 4.76. The maximum absolute atomic E-state index is 13.3. The van der Waals surface area contributed by atoms with Crippen LogP contribution < -0.4 is 5.32 Å². The van der Waals surface area contributed by atoms with Crippen LogP contribution in [0.1, 0.15) is 29.3 Å². The second-order valence-corrected chi connectivity index (χ2v) is 7.61. The van der Waals surface area contributed by atoms with Crippen molar-refractivity contribution in [1.82, 2.24) is 15.1 Å². The molecule has 4 rings (SSSR count). The predicted molar refractivity (Wildman–Crippen MR) is 97.5 cm³/mol. The van der Waals surface area contributed by atoms with E-state index in [2.05, 4.69) is 5.32 Å². The highest BCUT2D eigenvalue weighted by molar-refractivity contribution is 7.10. The summed E-state index contributed by atoms with van der Waals surface area (Å²) in [5.41, 5.74) is 0.729. The number of amides is 4. The van der Waals surface area contributed by atoms with Crippen molar-refractivity contribution in [3.05, 3.63) is 58.0 Å². The molecule has 2 fully saturated rings. The standard InChI is InChI=1S/C19H18FN3O3S/c20-13-7-5-12(6-8-13)17(15-4-2-10-27-15)21-16(24)11-23-18(25)14-3-1-9-22(14)19(23)26/h2,4-8,10,14,17H,1,3,9,11H2,(H,21,24). The van der Waals surface area contributed by atoms with Gasteiger partial charge < -0.3 is 10.2 Å². The van der Waals surface area contributed by atoms with Crippen LogP contribution in [0.25, 0.3) is 0 Å². The number of carbonyl (C=O) groups is 3. The molecule has 4 amide bonds. The van der Waals surface area contributed by atoms with Gasteiger partial charge in [0.1, 0.15) is 18.4 Å². The van der Waals surface area contributed by atoms with Crippen LogP contribution in [0, 0.1) is 5.82 Å². The molecule has 1 aromatic carbocycles. The van der Waals surface area contributed by atoms with Gasteiger partial charge in [-0.25, -0.2) is 9.18 Å². The topological polar surface area (TPSA) is 69.7 Å². The van der Waals surface area contributed by atoms with E-state index in [1.807, 2.05) is 17.5 Å². The van der Waals surface area contributed by atoms with Gasteiger partial charge in [0.2, 0.25) is 5.91 Å². The van der Waals surface area contributed by atoms with E-state index >= 15 is 0 Å². The number of rotatable bonds is 5. The third kappa shape index (κ3) is 3.32. The first-order valence-electron chi connectivity index (χ1n) is 8.75. The molecule has 0 spiro atoms. The molecule has 8 heteroatoms. The van der Waals surface area contributed by atoms with Gasteiger partial charge in [0.15, 0.2) is 0 Å². The van der Waals surface area contributed by atoms with Gasteiger partial charge in [0, 0.05) is 11.4 Å². The van der Waals surface area contributed by atoms with Crippen LogP contribution in [-0.2, 0) is 9.59 Å². The zero-order valence-electron chi connectivity index (χ0n) is 14.4. The molecule has 6 nitrogen and oxygen atoms in total. The van der Waals surface area contributed by atoms with Crippen LogP contribution in [0.4, 0.5) is 9.18 Å². The normalized spacial score (nSPS) is 20.1. The van der Waals surface area contributed by atoms with E-state index < -0.39 is 24.0 Å². The van der Waals surface area contributed by atoms with E-state index in [1.165, 1.54) is 28.4 Å². The first-order valence-corrected chi connectivity index (χ1v) is 9.63. The van der Waals surface area contributed by atoms with Crippen molar-refractivity contribution in [2.75, 3.05) is 13.1 Å². The Kier molecular flexibility index (Phi) is 4.65. The van der Waals surface area contributed by atoms with Crippen molar-refractivity contribution in [2.24, 2.45) is 0 Å². The van der Waals surface area contributed by atoms with Gasteiger partial charge in [-0.1, -0.05) is 18.2 Å². The number of carbonyl (C=O) groups excluding carboxylic acids is 3. The highest BCUT2D eigenvalue weighted by Gasteiger charge is 2.47. The minimum Gasteiger partial charge on any atom is -0.343 e. The summed E-state index contributed by atoms with van der Waals surface area (Å²) in [5.74, 6) is -1.09. The van der Waals surface area contributed by atoms with Crippen molar-refractivity contribution < 1.29 is 18.8 Å². The Hall–Kier alpha value is -2.74. The third-order valence-electron chi connectivity index (χ3n) is 4.92. The van der Waals surface area contributed by atoms with Gasteiger partial charge in [-0.15, -0.1) is 11.3 Å². The molecule has 2 atom stereocenters. The molecular weight excluding hydrogens is 369 g/mol. The van der Waals surface area contributed by atoms with Crippen LogP contribution in [0.15, 0.2) is 41.8 Å². The fourth-order valence-electron chi connectivity index (χ4n) is 3.61. The summed E-state index contributed by atoms with van der Waals surface area (Å²) in [6, 6.07) is 8.36. The molecule has 0 bridgehead atoms. The average Bonchev–Trinajstić information content (AvgIpc) is 3.38. The Labute approximate surface area is 159 Å². The predicted octanol–water partition coefficient (Wildman–Crippen LogP) is 2.52. The van der Waals surface area contributed by atoms with E-state index in [1.54, 1.807) is 12.1 Å². The van der Waals surface area contributed by atoms with Crippen LogP contribution in [-0.4, -0.2) is 46.8 Å². The molecule has 1 N–H and O–H groups in total. The zero-order valence-corrected chi connectivity index (χ0v) is 15.2. The van der Waals surface area contributed by atoms with Crippen molar-refractivity contribution in [3.63, 3.8) is 0 Å². The lowest BCUT2D eigenvalue weighted by Crippen LogP contribution is -2.43. The largest absolute Gasteiger partial charge is 0.343 e. The van der Waals surface area contributed by atoms with Crippen molar-refractivity contribution in [2.45, 2.75) is 24.9 Å². The van der Waals surface area contributed by atoms with Gasteiger partial charge in [-0.05, 0) is 42.0 Å². The number of hydrogen-bond acceptors (Lipinski definition) is 4. The molecular formula is C19H18FN3O3S. The molecule has 140 valence electrons. The zero-order chi connectivity index (χ0) is 19.0. The van der Waals surface area contributed by atoms with Crippen LogP contribution in [0.2, 0.25) is 0 Å². The number of hydrogen-bond donors (Lipinski definition) is 1. The molecule has 2 aromatic rings. The maximum atomic E-state index is 13.3. The Morgan fingerprint density at radius 3 is 2.70 bits per heavy atom. The molecule has 2 aliphatic rings. The highest BCUT2D eigenvalue weighted by atomic mass is 32.1. The molecule has 0 radical (unpaired) electrons. The summed E-state index contributed by atoms with van der Waals surface area (Å²) >= 11 is 1.47. The maximum Gasteiger partial charge on any atom is 0.327 e. The van der Waals surface area contributed by atoms with Gasteiger partial charge >= 0.3 is 6.03 Å². The molecule has 27 heavy (non-hydrogen) atoms. The van der Waals surface area contributed by atoms with E-state index in [0.29, 0.717) is 13.0 Å². The summed E-state index contributed by atoms with van der Waals surface area (Å²) in [7, 11) is 0. The third-order valence-corrected chi connectivity index (χ3v) is 5.86. The molecule has 2 aliphatic heterocycles. The number of fused-ring (bicyclic) bond motifs is 1. The minimum absolute atomic E-state index is 0.304. The highest BCUT2D eigenvalue weighted by Crippen LogP contribution is 2.28. The fraction of sp³-hybridized carbons (Fsp3) is 0.316. The average molecular weight is 387 g/mol. The number of nitrogens with zero attached hydrogens (tertiary/aromatic N) is 2. The molecule has 3 heterocycles. The van der Waals surface area contributed by atoms with Crippen molar-refractivity contribution >= 4 is 29.2 Å². The van der Waals surface area contributed by atoms with E-state index in [-0.39, 0.29) is 18.3 Å². The van der Waals surface area contributed by atoms with Crippen LogP contribution in [0.5, 0.6) is 0 Å². The summed E-state index contributed by atoms with van der Waals surface area (Å²) < 4.78 is 13.3. The second-order valence-electron chi connectivity index (χ2n) is 6.63. The molecule has 0 aliphatic carbocycles. The Morgan fingerprint density at radius 2 is 2.04 bits per heavy atom. The van der Waals surface area contributed by atoms with Gasteiger partial charge in [-0.3, -0.25) is 14.5 Å². The van der Waals surface area contributed by atoms with Crippen molar-refractivity contribution in [1.29, 1.82) is 0 Å². The number of imide groups is 1.